The predicted molar refractivity (Wildman–Crippen MR) is 157 cm³/mol. The molecule has 0 bridgehead atoms. The van der Waals surface area contributed by atoms with E-state index in [0.29, 0.717) is 26.1 Å². The standard InChI is InChI=1S/C33H48O10/c1-22-12-14-33(15-13-29(38-3)31(43-33)21-40-20-23-8-10-26(37-2)11-9-23)42-30(22)18-25(35)16-24(34)17-27-6-5-7-28(41-27)19-32(36)39-4/h8-12,14,22,25,27-31,35H,5-7,13,15-21H2,1-4H3/t22-,25-,27+,28-,29-,30+,31+,33-/m0/s1. The van der Waals surface area contributed by atoms with E-state index in [4.69, 9.17) is 33.2 Å². The zero-order valence-electron chi connectivity index (χ0n) is 25.9. The second-order valence-corrected chi connectivity index (χ2v) is 11.9. The predicted octanol–water partition coefficient (Wildman–Crippen LogP) is 4.29. The molecule has 2 fully saturated rings. The van der Waals surface area contributed by atoms with Crippen LogP contribution in [0.3, 0.4) is 0 Å². The fraction of sp³-hybridized carbons (Fsp3) is 0.697. The Kier molecular flexibility index (Phi) is 12.6. The third-order valence-corrected chi connectivity index (χ3v) is 8.63. The Morgan fingerprint density at radius 2 is 1.74 bits per heavy atom. The van der Waals surface area contributed by atoms with Crippen LogP contribution >= 0.6 is 0 Å². The van der Waals surface area contributed by atoms with Crippen LogP contribution in [0.1, 0.15) is 70.3 Å². The number of carbonyl (C=O) groups is 2. The van der Waals surface area contributed by atoms with Crippen molar-refractivity contribution in [3.8, 4) is 5.75 Å². The number of hydrogen-bond donors (Lipinski definition) is 1. The average molecular weight is 605 g/mol. The summed E-state index contributed by atoms with van der Waals surface area (Å²) in [5.74, 6) is -0.466. The first-order valence-corrected chi connectivity index (χ1v) is 15.4. The van der Waals surface area contributed by atoms with Crippen LogP contribution in [0.5, 0.6) is 5.75 Å². The Balaban J connectivity index is 1.26. The first-order chi connectivity index (χ1) is 20.7. The fourth-order valence-corrected chi connectivity index (χ4v) is 6.15. The molecule has 8 atom stereocenters. The minimum absolute atomic E-state index is 0.0270. The molecule has 2 saturated heterocycles. The number of ketones is 1. The first kappa shape index (κ1) is 33.6. The normalized spacial score (nSPS) is 31.5. The molecule has 1 N–H and O–H groups in total. The summed E-state index contributed by atoms with van der Waals surface area (Å²) in [5, 5.41) is 10.9. The molecule has 0 aromatic heterocycles. The molecule has 4 rings (SSSR count). The maximum Gasteiger partial charge on any atom is 0.308 e. The van der Waals surface area contributed by atoms with Crippen LogP contribution in [-0.2, 0) is 44.6 Å². The third kappa shape index (κ3) is 9.83. The lowest BCUT2D eigenvalue weighted by molar-refractivity contribution is -0.307. The smallest absolute Gasteiger partial charge is 0.308 e. The van der Waals surface area contributed by atoms with Gasteiger partial charge in [0, 0.05) is 38.7 Å². The fourth-order valence-electron chi connectivity index (χ4n) is 6.15. The maximum absolute atomic E-state index is 12.8. The molecule has 0 unspecified atom stereocenters. The van der Waals surface area contributed by atoms with Gasteiger partial charge in [0.25, 0.3) is 0 Å². The molecule has 0 radical (unpaired) electrons. The second-order valence-electron chi connectivity index (χ2n) is 11.9. The van der Waals surface area contributed by atoms with Gasteiger partial charge in [-0.05, 0) is 49.5 Å². The quantitative estimate of drug-likeness (QED) is 0.243. The monoisotopic (exact) mass is 604 g/mol. The number of carbonyl (C=O) groups excluding carboxylic acids is 2. The molecule has 3 aliphatic rings. The van der Waals surface area contributed by atoms with Gasteiger partial charge in [-0.1, -0.05) is 25.1 Å². The number of ether oxygens (including phenoxy) is 7. The zero-order valence-corrected chi connectivity index (χ0v) is 25.9. The molecule has 43 heavy (non-hydrogen) atoms. The minimum Gasteiger partial charge on any atom is -0.497 e. The van der Waals surface area contributed by atoms with Crippen LogP contribution < -0.4 is 4.74 Å². The van der Waals surface area contributed by atoms with Gasteiger partial charge in [0.15, 0.2) is 5.79 Å². The first-order valence-electron chi connectivity index (χ1n) is 15.4. The van der Waals surface area contributed by atoms with Crippen LogP contribution in [0.25, 0.3) is 0 Å². The Morgan fingerprint density at radius 3 is 2.44 bits per heavy atom. The molecule has 1 spiro atoms. The maximum atomic E-state index is 12.8. The molecule has 1 aromatic rings. The number of esters is 1. The Morgan fingerprint density at radius 1 is 1.02 bits per heavy atom. The molecule has 0 saturated carbocycles. The van der Waals surface area contributed by atoms with Crippen LogP contribution in [0.4, 0.5) is 0 Å². The molecular formula is C33H48O10. The van der Waals surface area contributed by atoms with Crippen molar-refractivity contribution >= 4 is 11.8 Å². The summed E-state index contributed by atoms with van der Waals surface area (Å²) in [4.78, 5) is 24.4. The lowest BCUT2D eigenvalue weighted by Gasteiger charge is -2.47. The topological polar surface area (TPSA) is 119 Å². The highest BCUT2D eigenvalue weighted by atomic mass is 16.7. The van der Waals surface area contributed by atoms with E-state index in [-0.39, 0.29) is 67.5 Å². The van der Waals surface area contributed by atoms with Crippen LogP contribution in [0, 0.1) is 5.92 Å². The van der Waals surface area contributed by atoms with Gasteiger partial charge in [-0.15, -0.1) is 0 Å². The second kappa shape index (κ2) is 16.1. The molecule has 240 valence electrons. The summed E-state index contributed by atoms with van der Waals surface area (Å²) < 4.78 is 40.7. The van der Waals surface area contributed by atoms with E-state index in [1.54, 1.807) is 14.2 Å². The highest BCUT2D eigenvalue weighted by Gasteiger charge is 2.45. The molecule has 10 heteroatoms. The van der Waals surface area contributed by atoms with Crippen LogP contribution in [0.15, 0.2) is 36.4 Å². The van der Waals surface area contributed by atoms with Crippen molar-refractivity contribution in [2.75, 3.05) is 27.9 Å². The van der Waals surface area contributed by atoms with Crippen LogP contribution in [-0.4, -0.2) is 87.2 Å². The molecule has 1 aromatic carbocycles. The lowest BCUT2D eigenvalue weighted by Crippen LogP contribution is -2.53. The van der Waals surface area contributed by atoms with E-state index in [2.05, 4.69) is 6.08 Å². The van der Waals surface area contributed by atoms with Gasteiger partial charge in [0.1, 0.15) is 17.6 Å². The number of Topliss-reactive ketones (excluding diaryl/α,β-unsaturated/α-hetero) is 1. The van der Waals surface area contributed by atoms with Crippen molar-refractivity contribution in [1.82, 2.24) is 0 Å². The highest BCUT2D eigenvalue weighted by Crippen LogP contribution is 2.39. The van der Waals surface area contributed by atoms with E-state index < -0.39 is 11.9 Å². The number of hydrogen-bond acceptors (Lipinski definition) is 10. The number of methoxy groups -OCH3 is 3. The summed E-state index contributed by atoms with van der Waals surface area (Å²) in [6.45, 7) is 2.81. The van der Waals surface area contributed by atoms with E-state index in [0.717, 1.165) is 37.0 Å². The van der Waals surface area contributed by atoms with Crippen LogP contribution in [0.2, 0.25) is 0 Å². The van der Waals surface area contributed by atoms with Gasteiger partial charge in [0.05, 0.1) is 64.4 Å². The van der Waals surface area contributed by atoms with Gasteiger partial charge < -0.3 is 38.3 Å². The molecule has 3 aliphatic heterocycles. The molecule has 0 amide bonds. The Labute approximate surface area is 254 Å². The van der Waals surface area contributed by atoms with Crippen molar-refractivity contribution in [2.45, 2.75) is 114 Å². The van der Waals surface area contributed by atoms with Gasteiger partial charge >= 0.3 is 5.97 Å². The summed E-state index contributed by atoms with van der Waals surface area (Å²) in [7, 11) is 4.67. The van der Waals surface area contributed by atoms with E-state index in [9.17, 15) is 14.7 Å². The number of benzene rings is 1. The molecule has 3 heterocycles. The van der Waals surface area contributed by atoms with Crippen molar-refractivity contribution < 1.29 is 47.9 Å². The van der Waals surface area contributed by atoms with Gasteiger partial charge in [-0.3, -0.25) is 9.59 Å². The third-order valence-electron chi connectivity index (χ3n) is 8.63. The highest BCUT2D eigenvalue weighted by molar-refractivity contribution is 5.79. The van der Waals surface area contributed by atoms with Gasteiger partial charge in [-0.25, -0.2) is 0 Å². The Hall–Kier alpha value is -2.34. The minimum atomic E-state index is -0.936. The molecule has 10 nitrogen and oxygen atoms in total. The SMILES string of the molecule is COC(=O)C[C@@H]1CCC[C@H](CC(=O)C[C@H](O)C[C@H]2O[C@]3(C=C[C@@H]2C)CC[C@H](OC)[C@@H](COCc2ccc(OC)cc2)O3)O1. The number of aliphatic hydroxyl groups is 1. The number of aliphatic hydroxyl groups excluding tert-OH is 1. The lowest BCUT2D eigenvalue weighted by atomic mass is 9.89. The van der Waals surface area contributed by atoms with Gasteiger partial charge in [0.2, 0.25) is 0 Å². The van der Waals surface area contributed by atoms with Gasteiger partial charge in [-0.2, -0.15) is 0 Å². The van der Waals surface area contributed by atoms with Crippen molar-refractivity contribution in [3.63, 3.8) is 0 Å². The Bertz CT molecular complexity index is 1060. The molecular weight excluding hydrogens is 556 g/mol. The zero-order chi connectivity index (χ0) is 30.8. The number of rotatable bonds is 14. The summed E-state index contributed by atoms with van der Waals surface area (Å²) in [6, 6.07) is 7.74. The van der Waals surface area contributed by atoms with Crippen molar-refractivity contribution in [3.05, 3.63) is 42.0 Å². The summed E-state index contributed by atoms with van der Waals surface area (Å²) in [5.41, 5.74) is 1.03. The summed E-state index contributed by atoms with van der Waals surface area (Å²) in [6.07, 6.45) is 6.47. The largest absolute Gasteiger partial charge is 0.497 e. The van der Waals surface area contributed by atoms with E-state index in [1.807, 2.05) is 37.3 Å². The van der Waals surface area contributed by atoms with Crippen molar-refractivity contribution in [1.29, 1.82) is 0 Å². The van der Waals surface area contributed by atoms with Crippen molar-refractivity contribution in [2.24, 2.45) is 5.92 Å². The molecule has 0 aliphatic carbocycles. The average Bonchev–Trinajstić information content (AvgIpc) is 2.99. The van der Waals surface area contributed by atoms with E-state index >= 15 is 0 Å². The summed E-state index contributed by atoms with van der Waals surface area (Å²) >= 11 is 0. The van der Waals surface area contributed by atoms with E-state index in [1.165, 1.54) is 7.11 Å².